The first kappa shape index (κ1) is 20.0. The van der Waals surface area contributed by atoms with Crippen LogP contribution in [0.25, 0.3) is 0 Å². The predicted molar refractivity (Wildman–Crippen MR) is 118 cm³/mol. The molecule has 0 bridgehead atoms. The van der Waals surface area contributed by atoms with E-state index in [1.54, 1.807) is 44.6 Å². The predicted octanol–water partition coefficient (Wildman–Crippen LogP) is 4.76. The van der Waals surface area contributed by atoms with Crippen molar-refractivity contribution in [1.29, 1.82) is 0 Å². The van der Waals surface area contributed by atoms with Crippen molar-refractivity contribution in [3.8, 4) is 11.5 Å². The second kappa shape index (κ2) is 8.59. The minimum absolute atomic E-state index is 0.229. The van der Waals surface area contributed by atoms with Crippen molar-refractivity contribution >= 4 is 33.8 Å². The highest BCUT2D eigenvalue weighted by atomic mass is 32.1. The molecule has 3 aromatic rings. The average molecular weight is 423 g/mol. The number of rotatable bonds is 6. The number of methoxy groups -OCH3 is 2. The van der Waals surface area contributed by atoms with Crippen LogP contribution in [0.15, 0.2) is 48.5 Å². The standard InChI is InChI=1S/C23H22N2O4S/c1-28-16-11-9-14(10-12-16)21(26)25-23-20(18-7-4-8-19(18)30-23)22(27)24-15-5-3-6-17(13-15)29-2/h3,5-6,9-13H,4,7-8H2,1-2H3,(H,24,27)(H,25,26). The van der Waals surface area contributed by atoms with E-state index in [0.717, 1.165) is 29.7 Å². The number of carbonyl (C=O) groups excluding carboxylic acids is 2. The van der Waals surface area contributed by atoms with Crippen molar-refractivity contribution in [2.24, 2.45) is 0 Å². The Labute approximate surface area is 178 Å². The molecule has 6 nitrogen and oxygen atoms in total. The summed E-state index contributed by atoms with van der Waals surface area (Å²) >= 11 is 1.48. The minimum Gasteiger partial charge on any atom is -0.497 e. The molecule has 0 aliphatic heterocycles. The second-order valence-corrected chi connectivity index (χ2v) is 8.04. The first-order chi connectivity index (χ1) is 14.6. The van der Waals surface area contributed by atoms with Crippen molar-refractivity contribution < 1.29 is 19.1 Å². The zero-order valence-electron chi connectivity index (χ0n) is 16.8. The number of ether oxygens (including phenoxy) is 2. The van der Waals surface area contributed by atoms with Gasteiger partial charge in [0.15, 0.2) is 0 Å². The van der Waals surface area contributed by atoms with Crippen molar-refractivity contribution in [2.45, 2.75) is 19.3 Å². The monoisotopic (exact) mass is 422 g/mol. The van der Waals surface area contributed by atoms with E-state index in [1.165, 1.54) is 11.3 Å². The molecule has 1 aliphatic rings. The Balaban J connectivity index is 1.59. The molecule has 0 spiro atoms. The molecule has 30 heavy (non-hydrogen) atoms. The van der Waals surface area contributed by atoms with Crippen LogP contribution < -0.4 is 20.1 Å². The molecule has 0 saturated carbocycles. The highest BCUT2D eigenvalue weighted by Crippen LogP contribution is 2.39. The molecule has 2 aromatic carbocycles. The van der Waals surface area contributed by atoms with E-state index in [0.29, 0.717) is 33.3 Å². The van der Waals surface area contributed by atoms with Crippen LogP contribution in [0.5, 0.6) is 11.5 Å². The molecule has 0 fully saturated rings. The highest BCUT2D eigenvalue weighted by molar-refractivity contribution is 7.17. The Morgan fingerprint density at radius 2 is 1.67 bits per heavy atom. The number of carbonyl (C=O) groups is 2. The van der Waals surface area contributed by atoms with Gasteiger partial charge >= 0.3 is 0 Å². The topological polar surface area (TPSA) is 76.7 Å². The third kappa shape index (κ3) is 4.02. The number of benzene rings is 2. The summed E-state index contributed by atoms with van der Waals surface area (Å²) in [5.41, 5.74) is 2.73. The molecule has 1 heterocycles. The molecule has 1 aromatic heterocycles. The summed E-state index contributed by atoms with van der Waals surface area (Å²) in [4.78, 5) is 27.1. The molecule has 1 aliphatic carbocycles. The quantitative estimate of drug-likeness (QED) is 0.601. The molecule has 0 atom stereocenters. The first-order valence-corrected chi connectivity index (χ1v) is 10.5. The van der Waals surface area contributed by atoms with Crippen LogP contribution in [0.4, 0.5) is 10.7 Å². The van der Waals surface area contributed by atoms with Gasteiger partial charge in [-0.1, -0.05) is 6.07 Å². The van der Waals surface area contributed by atoms with E-state index in [9.17, 15) is 9.59 Å². The molecule has 154 valence electrons. The molecule has 0 saturated heterocycles. The number of thiophene rings is 1. The van der Waals surface area contributed by atoms with Crippen molar-refractivity contribution in [2.75, 3.05) is 24.9 Å². The lowest BCUT2D eigenvalue weighted by atomic mass is 10.1. The van der Waals surface area contributed by atoms with Gasteiger partial charge in [-0.25, -0.2) is 0 Å². The van der Waals surface area contributed by atoms with E-state index >= 15 is 0 Å². The summed E-state index contributed by atoms with van der Waals surface area (Å²) in [5.74, 6) is 0.858. The number of anilines is 2. The third-order valence-electron chi connectivity index (χ3n) is 5.06. The number of amides is 2. The summed E-state index contributed by atoms with van der Waals surface area (Å²) < 4.78 is 10.4. The third-order valence-corrected chi connectivity index (χ3v) is 6.26. The first-order valence-electron chi connectivity index (χ1n) is 9.64. The maximum Gasteiger partial charge on any atom is 0.258 e. The molecular formula is C23H22N2O4S. The van der Waals surface area contributed by atoms with Gasteiger partial charge < -0.3 is 20.1 Å². The number of nitrogens with one attached hydrogen (secondary N) is 2. The van der Waals surface area contributed by atoms with Crippen LogP contribution in [-0.2, 0) is 12.8 Å². The normalized spacial score (nSPS) is 12.2. The molecule has 4 rings (SSSR count). The van der Waals surface area contributed by atoms with E-state index in [2.05, 4.69) is 10.6 Å². The maximum atomic E-state index is 13.1. The van der Waals surface area contributed by atoms with E-state index < -0.39 is 0 Å². The maximum absolute atomic E-state index is 13.1. The molecule has 2 N–H and O–H groups in total. The number of aryl methyl sites for hydroxylation is 1. The summed E-state index contributed by atoms with van der Waals surface area (Å²) in [6, 6.07) is 14.1. The molecular weight excluding hydrogens is 400 g/mol. The SMILES string of the molecule is COc1ccc(C(=O)Nc2sc3c(c2C(=O)Nc2cccc(OC)c2)CCC3)cc1. The van der Waals surface area contributed by atoms with Gasteiger partial charge in [0.25, 0.3) is 11.8 Å². The lowest BCUT2D eigenvalue weighted by Gasteiger charge is -2.11. The Morgan fingerprint density at radius 3 is 2.40 bits per heavy atom. The summed E-state index contributed by atoms with van der Waals surface area (Å²) in [6.07, 6.45) is 2.79. The second-order valence-electron chi connectivity index (χ2n) is 6.93. The van der Waals surface area contributed by atoms with Gasteiger partial charge in [-0.05, 0) is 61.2 Å². The van der Waals surface area contributed by atoms with Gasteiger partial charge in [-0.3, -0.25) is 9.59 Å². The fourth-order valence-electron chi connectivity index (χ4n) is 3.54. The fourth-order valence-corrected chi connectivity index (χ4v) is 4.83. The summed E-state index contributed by atoms with van der Waals surface area (Å²) in [6.45, 7) is 0. The summed E-state index contributed by atoms with van der Waals surface area (Å²) in [7, 11) is 3.16. The van der Waals surface area contributed by atoms with Crippen LogP contribution in [0, 0.1) is 0 Å². The number of fused-ring (bicyclic) bond motifs is 1. The highest BCUT2D eigenvalue weighted by Gasteiger charge is 2.27. The van der Waals surface area contributed by atoms with Crippen molar-refractivity contribution in [3.05, 3.63) is 70.1 Å². The summed E-state index contributed by atoms with van der Waals surface area (Å²) in [5, 5.41) is 6.46. The Morgan fingerprint density at radius 1 is 0.900 bits per heavy atom. The van der Waals surface area contributed by atoms with Crippen LogP contribution in [0.3, 0.4) is 0 Å². The number of hydrogen-bond donors (Lipinski definition) is 2. The van der Waals surface area contributed by atoms with Gasteiger partial charge in [-0.15, -0.1) is 11.3 Å². The molecule has 2 amide bonds. The van der Waals surface area contributed by atoms with Gasteiger partial charge in [0, 0.05) is 22.2 Å². The lowest BCUT2D eigenvalue weighted by Crippen LogP contribution is -2.18. The minimum atomic E-state index is -0.256. The molecule has 7 heteroatoms. The Bertz CT molecular complexity index is 1090. The van der Waals surface area contributed by atoms with E-state index in [1.807, 2.05) is 18.2 Å². The van der Waals surface area contributed by atoms with Crippen LogP contribution in [0.1, 0.15) is 37.6 Å². The smallest absolute Gasteiger partial charge is 0.258 e. The van der Waals surface area contributed by atoms with Crippen molar-refractivity contribution in [3.63, 3.8) is 0 Å². The molecule has 0 radical (unpaired) electrons. The van der Waals surface area contributed by atoms with Gasteiger partial charge in [0.1, 0.15) is 16.5 Å². The van der Waals surface area contributed by atoms with Gasteiger partial charge in [0.2, 0.25) is 0 Å². The van der Waals surface area contributed by atoms with E-state index in [-0.39, 0.29) is 11.8 Å². The van der Waals surface area contributed by atoms with Crippen LogP contribution in [-0.4, -0.2) is 26.0 Å². The zero-order valence-corrected chi connectivity index (χ0v) is 17.6. The largest absolute Gasteiger partial charge is 0.497 e. The van der Waals surface area contributed by atoms with Crippen LogP contribution >= 0.6 is 11.3 Å². The van der Waals surface area contributed by atoms with Crippen molar-refractivity contribution in [1.82, 2.24) is 0 Å². The Kier molecular flexibility index (Phi) is 5.72. The lowest BCUT2D eigenvalue weighted by molar-refractivity contribution is 0.102. The Hall–Kier alpha value is -3.32. The molecule has 0 unspecified atom stereocenters. The zero-order chi connectivity index (χ0) is 21.1. The van der Waals surface area contributed by atoms with E-state index in [4.69, 9.17) is 9.47 Å². The van der Waals surface area contributed by atoms with Gasteiger partial charge in [0.05, 0.1) is 19.8 Å². The van der Waals surface area contributed by atoms with Crippen LogP contribution in [0.2, 0.25) is 0 Å². The average Bonchev–Trinajstić information content (AvgIpc) is 3.34. The fraction of sp³-hybridized carbons (Fsp3) is 0.217. The van der Waals surface area contributed by atoms with Gasteiger partial charge in [-0.2, -0.15) is 0 Å². The number of hydrogen-bond acceptors (Lipinski definition) is 5.